The topological polar surface area (TPSA) is 64.6 Å². The van der Waals surface area contributed by atoms with E-state index in [-0.39, 0.29) is 11.7 Å². The molecule has 5 nitrogen and oxygen atoms in total. The first kappa shape index (κ1) is 16.7. The predicted molar refractivity (Wildman–Crippen MR) is 96.8 cm³/mol. The molecule has 24 heavy (non-hydrogen) atoms. The van der Waals surface area contributed by atoms with E-state index < -0.39 is 5.97 Å². The van der Waals surface area contributed by atoms with Crippen LogP contribution in [0.2, 0.25) is 0 Å². The molecule has 0 aromatic heterocycles. The van der Waals surface area contributed by atoms with Gasteiger partial charge >= 0.3 is 5.97 Å². The Kier molecular flexibility index (Phi) is 4.73. The van der Waals surface area contributed by atoms with E-state index in [9.17, 15) is 9.59 Å². The minimum Gasteiger partial charge on any atom is -0.449 e. The number of nitrogens with one attached hydrogen (secondary N) is 1. The molecule has 0 unspecified atom stereocenters. The van der Waals surface area contributed by atoms with Gasteiger partial charge in [-0.1, -0.05) is 12.1 Å². The fraction of sp³-hybridized carbons (Fsp3) is 0.0588. The SMILES string of the molecule is CC(=O)Oc1c(Br)cc(/C=C2\Oc3ccccc3NC2=O)cc1Br. The third-order valence-electron chi connectivity index (χ3n) is 3.14. The second-order valence-electron chi connectivity index (χ2n) is 4.97. The van der Waals surface area contributed by atoms with Gasteiger partial charge in [-0.2, -0.15) is 0 Å². The van der Waals surface area contributed by atoms with Crippen molar-refractivity contribution in [3.05, 3.63) is 56.7 Å². The zero-order valence-corrected chi connectivity index (χ0v) is 15.6. The third kappa shape index (κ3) is 3.52. The summed E-state index contributed by atoms with van der Waals surface area (Å²) >= 11 is 6.71. The highest BCUT2D eigenvalue weighted by Crippen LogP contribution is 2.36. The Hall–Kier alpha value is -2.12. The van der Waals surface area contributed by atoms with E-state index in [4.69, 9.17) is 9.47 Å². The number of carbonyl (C=O) groups excluding carboxylic acids is 2. The first-order valence-corrected chi connectivity index (χ1v) is 8.50. The molecule has 1 N–H and O–H groups in total. The van der Waals surface area contributed by atoms with Crippen LogP contribution in [0.4, 0.5) is 5.69 Å². The maximum absolute atomic E-state index is 12.1. The molecular weight excluding hydrogens is 442 g/mol. The summed E-state index contributed by atoms with van der Waals surface area (Å²) < 4.78 is 11.9. The van der Waals surface area contributed by atoms with E-state index in [0.29, 0.717) is 31.7 Å². The lowest BCUT2D eigenvalue weighted by atomic mass is 10.1. The standard InChI is InChI=1S/C17H11Br2NO4/c1-9(21)23-16-11(18)6-10(7-12(16)19)8-15-17(22)20-13-4-2-3-5-14(13)24-15/h2-8H,1H3,(H,20,22)/b15-8-. The Balaban J connectivity index is 1.94. The highest BCUT2D eigenvalue weighted by Gasteiger charge is 2.21. The van der Waals surface area contributed by atoms with Crippen LogP contribution in [0.15, 0.2) is 51.1 Å². The summed E-state index contributed by atoms with van der Waals surface area (Å²) in [7, 11) is 0. The number of esters is 1. The maximum Gasteiger partial charge on any atom is 0.308 e. The Morgan fingerprint density at radius 2 is 1.88 bits per heavy atom. The van der Waals surface area contributed by atoms with E-state index in [1.807, 2.05) is 12.1 Å². The molecule has 0 fully saturated rings. The molecule has 1 aliphatic heterocycles. The van der Waals surface area contributed by atoms with Crippen molar-refractivity contribution in [2.24, 2.45) is 0 Å². The molecule has 7 heteroatoms. The van der Waals surface area contributed by atoms with Crippen molar-refractivity contribution in [3.8, 4) is 11.5 Å². The third-order valence-corrected chi connectivity index (χ3v) is 4.32. The summed E-state index contributed by atoms with van der Waals surface area (Å²) in [5.41, 5.74) is 1.33. The average molecular weight is 453 g/mol. The van der Waals surface area contributed by atoms with Gasteiger partial charge in [-0.15, -0.1) is 0 Å². The molecule has 0 radical (unpaired) electrons. The molecule has 0 atom stereocenters. The number of fused-ring (bicyclic) bond motifs is 1. The number of halogens is 2. The Morgan fingerprint density at radius 3 is 2.54 bits per heavy atom. The number of amides is 1. The molecule has 0 saturated carbocycles. The number of hydrogen-bond acceptors (Lipinski definition) is 4. The lowest BCUT2D eigenvalue weighted by molar-refractivity contribution is -0.132. The van der Waals surface area contributed by atoms with Crippen LogP contribution >= 0.6 is 31.9 Å². The van der Waals surface area contributed by atoms with E-state index in [2.05, 4.69) is 37.2 Å². The smallest absolute Gasteiger partial charge is 0.308 e. The fourth-order valence-electron chi connectivity index (χ4n) is 2.16. The predicted octanol–water partition coefficient (Wildman–Crippen LogP) is 4.51. The van der Waals surface area contributed by atoms with Crippen LogP contribution < -0.4 is 14.8 Å². The Labute approximate surface area is 154 Å². The van der Waals surface area contributed by atoms with Gasteiger partial charge in [-0.3, -0.25) is 9.59 Å². The van der Waals surface area contributed by atoms with Gasteiger partial charge in [0, 0.05) is 6.92 Å². The van der Waals surface area contributed by atoms with Crippen LogP contribution in [0.3, 0.4) is 0 Å². The molecule has 2 aromatic carbocycles. The Morgan fingerprint density at radius 1 is 1.21 bits per heavy atom. The van der Waals surface area contributed by atoms with E-state index in [1.165, 1.54) is 6.92 Å². The van der Waals surface area contributed by atoms with Gasteiger partial charge in [-0.25, -0.2) is 0 Å². The van der Waals surface area contributed by atoms with Gasteiger partial charge in [0.15, 0.2) is 17.3 Å². The van der Waals surface area contributed by atoms with E-state index >= 15 is 0 Å². The highest BCUT2D eigenvalue weighted by atomic mass is 79.9. The van der Waals surface area contributed by atoms with E-state index in [0.717, 1.165) is 0 Å². The minimum absolute atomic E-state index is 0.174. The second kappa shape index (κ2) is 6.78. The van der Waals surface area contributed by atoms with Crippen LogP contribution in [0, 0.1) is 0 Å². The summed E-state index contributed by atoms with van der Waals surface area (Å²) in [6.45, 7) is 1.33. The van der Waals surface area contributed by atoms with Crippen molar-refractivity contribution in [3.63, 3.8) is 0 Å². The van der Waals surface area contributed by atoms with Gasteiger partial charge in [0.05, 0.1) is 14.6 Å². The van der Waals surface area contributed by atoms with Gasteiger partial charge in [0.1, 0.15) is 0 Å². The molecule has 0 saturated heterocycles. The number of ether oxygens (including phenoxy) is 2. The number of anilines is 1. The van der Waals surface area contributed by atoms with Crippen molar-refractivity contribution >= 4 is 55.5 Å². The maximum atomic E-state index is 12.1. The van der Waals surface area contributed by atoms with Crippen molar-refractivity contribution in [1.82, 2.24) is 0 Å². The first-order valence-electron chi connectivity index (χ1n) is 6.91. The Bertz CT molecular complexity index is 854. The quantitative estimate of drug-likeness (QED) is 0.413. The van der Waals surface area contributed by atoms with Crippen LogP contribution in [-0.2, 0) is 9.59 Å². The molecule has 1 amide bonds. The zero-order valence-electron chi connectivity index (χ0n) is 12.4. The number of carbonyl (C=O) groups is 2. The van der Waals surface area contributed by atoms with Crippen molar-refractivity contribution < 1.29 is 19.1 Å². The monoisotopic (exact) mass is 451 g/mol. The van der Waals surface area contributed by atoms with Gasteiger partial charge in [0.25, 0.3) is 5.91 Å². The van der Waals surface area contributed by atoms with Gasteiger partial charge in [-0.05, 0) is 67.8 Å². The molecular formula is C17H11Br2NO4. The largest absolute Gasteiger partial charge is 0.449 e. The van der Waals surface area contributed by atoms with Gasteiger partial charge in [0.2, 0.25) is 0 Å². The molecule has 1 heterocycles. The van der Waals surface area contributed by atoms with Crippen molar-refractivity contribution in [2.75, 3.05) is 5.32 Å². The molecule has 122 valence electrons. The highest BCUT2D eigenvalue weighted by molar-refractivity contribution is 9.11. The van der Waals surface area contributed by atoms with Crippen LogP contribution in [0.1, 0.15) is 12.5 Å². The number of benzene rings is 2. The van der Waals surface area contributed by atoms with E-state index in [1.54, 1.807) is 30.3 Å². The first-order chi connectivity index (χ1) is 11.4. The second-order valence-corrected chi connectivity index (χ2v) is 6.68. The van der Waals surface area contributed by atoms with Crippen LogP contribution in [-0.4, -0.2) is 11.9 Å². The lowest BCUT2D eigenvalue weighted by Gasteiger charge is -2.19. The molecule has 0 bridgehead atoms. The van der Waals surface area contributed by atoms with Crippen molar-refractivity contribution in [2.45, 2.75) is 6.92 Å². The summed E-state index contributed by atoms with van der Waals surface area (Å²) in [5.74, 6) is 0.383. The summed E-state index contributed by atoms with van der Waals surface area (Å²) in [6.07, 6.45) is 1.61. The fourth-order valence-corrected chi connectivity index (χ4v) is 3.54. The molecule has 3 rings (SSSR count). The number of hydrogen-bond donors (Lipinski definition) is 1. The van der Waals surface area contributed by atoms with Crippen molar-refractivity contribution in [1.29, 1.82) is 0 Å². The molecule has 0 aliphatic carbocycles. The minimum atomic E-state index is -0.422. The zero-order chi connectivity index (χ0) is 17.3. The molecule has 0 spiro atoms. The number of rotatable bonds is 2. The van der Waals surface area contributed by atoms with Crippen LogP contribution in [0.25, 0.3) is 6.08 Å². The van der Waals surface area contributed by atoms with Gasteiger partial charge < -0.3 is 14.8 Å². The summed E-state index contributed by atoms with van der Waals surface area (Å²) in [6, 6.07) is 10.7. The number of para-hydroxylation sites is 2. The molecule has 1 aliphatic rings. The summed E-state index contributed by atoms with van der Waals surface area (Å²) in [5, 5.41) is 2.77. The molecule has 2 aromatic rings. The average Bonchev–Trinajstić information content (AvgIpc) is 2.51. The summed E-state index contributed by atoms with van der Waals surface area (Å²) in [4.78, 5) is 23.3. The lowest BCUT2D eigenvalue weighted by Crippen LogP contribution is -2.23. The van der Waals surface area contributed by atoms with Crippen LogP contribution in [0.5, 0.6) is 11.5 Å². The normalized spacial score (nSPS) is 14.6.